The topological polar surface area (TPSA) is 188 Å². The fraction of sp³-hybridized carbons (Fsp3) is 0.263. The van der Waals surface area contributed by atoms with Gasteiger partial charge in [0.25, 0.3) is 11.8 Å². The molecule has 0 unspecified atom stereocenters. The van der Waals surface area contributed by atoms with Crippen molar-refractivity contribution in [3.63, 3.8) is 0 Å². The van der Waals surface area contributed by atoms with Gasteiger partial charge in [-0.15, -0.1) is 0 Å². The smallest absolute Gasteiger partial charge is 0.371 e. The summed E-state index contributed by atoms with van der Waals surface area (Å²) in [6.07, 6.45) is -4.04. The number of morpholine rings is 2. The second-order valence-corrected chi connectivity index (χ2v) is 13.1. The number of aromatic nitrogens is 8. The third kappa shape index (κ3) is 10.5. The van der Waals surface area contributed by atoms with Crippen LogP contribution in [0.15, 0.2) is 97.8 Å². The summed E-state index contributed by atoms with van der Waals surface area (Å²) in [6, 6.07) is 18.0. The Balaban J connectivity index is 0.000000181. The molecule has 0 spiro atoms. The zero-order chi connectivity index (χ0) is 42.3. The minimum absolute atomic E-state index is 0.0260. The summed E-state index contributed by atoms with van der Waals surface area (Å²) in [5.41, 5.74) is 0.930. The number of rotatable bonds is 8. The molecule has 16 nitrogen and oxygen atoms in total. The Hall–Kier alpha value is -6.62. The highest BCUT2D eigenvalue weighted by Crippen LogP contribution is 2.29. The largest absolute Gasteiger partial charge is 0.434 e. The van der Waals surface area contributed by atoms with Gasteiger partial charge in [0.15, 0.2) is 28.7 Å². The van der Waals surface area contributed by atoms with Crippen molar-refractivity contribution in [2.75, 3.05) is 50.0 Å². The monoisotopic (exact) mass is 836 g/mol. The number of nitrogens with one attached hydrogen (secondary N) is 4. The van der Waals surface area contributed by atoms with E-state index in [2.05, 4.69) is 51.4 Å². The van der Waals surface area contributed by atoms with Crippen molar-refractivity contribution in [2.24, 2.45) is 0 Å². The van der Waals surface area contributed by atoms with E-state index in [4.69, 9.17) is 9.47 Å². The molecular formula is C38H34F6N12O4. The zero-order valence-electron chi connectivity index (χ0n) is 31.1. The Bertz CT molecular complexity index is 2230. The van der Waals surface area contributed by atoms with Crippen LogP contribution in [-0.4, -0.2) is 90.7 Å². The van der Waals surface area contributed by atoms with Crippen LogP contribution >= 0.6 is 0 Å². The van der Waals surface area contributed by atoms with Gasteiger partial charge in [0.1, 0.15) is 12.0 Å². The van der Waals surface area contributed by atoms with Gasteiger partial charge < -0.3 is 30.7 Å². The normalized spacial score (nSPS) is 17.0. The molecular weight excluding hydrogens is 802 g/mol. The molecule has 4 N–H and O–H groups in total. The van der Waals surface area contributed by atoms with Gasteiger partial charge >= 0.3 is 12.4 Å². The fourth-order valence-corrected chi connectivity index (χ4v) is 5.89. The molecule has 22 heteroatoms. The molecule has 6 aromatic rings. The molecule has 2 saturated heterocycles. The predicted molar refractivity (Wildman–Crippen MR) is 200 cm³/mol. The number of ether oxygens (including phenoxy) is 2. The number of carbonyl (C=O) groups is 2. The highest BCUT2D eigenvalue weighted by molar-refractivity contribution is 6.03. The molecule has 312 valence electrons. The molecule has 8 rings (SSSR count). The summed E-state index contributed by atoms with van der Waals surface area (Å²) < 4.78 is 90.3. The van der Waals surface area contributed by atoms with Crippen molar-refractivity contribution in [1.82, 2.24) is 50.1 Å². The molecule has 2 aromatic carbocycles. The van der Waals surface area contributed by atoms with Crippen LogP contribution in [0, 0.1) is 0 Å². The molecule has 0 aliphatic carbocycles. The van der Waals surface area contributed by atoms with Crippen molar-refractivity contribution in [3.8, 4) is 11.6 Å². The minimum atomic E-state index is -4.62. The van der Waals surface area contributed by atoms with E-state index in [0.717, 1.165) is 65.3 Å². The molecule has 0 saturated carbocycles. The molecule has 6 heterocycles. The number of amides is 2. The summed E-state index contributed by atoms with van der Waals surface area (Å²) in [6.45, 7) is 4.38. The van der Waals surface area contributed by atoms with Gasteiger partial charge in [0, 0.05) is 56.0 Å². The molecule has 2 atom stereocenters. The molecule has 2 fully saturated rings. The van der Waals surface area contributed by atoms with Gasteiger partial charge in [-0.05, 0) is 47.5 Å². The maximum atomic E-state index is 12.8. The Kier molecular flexibility index (Phi) is 12.5. The second-order valence-electron chi connectivity index (χ2n) is 13.1. The summed E-state index contributed by atoms with van der Waals surface area (Å²) in [7, 11) is 0. The Morgan fingerprint density at radius 2 is 1.15 bits per heavy atom. The van der Waals surface area contributed by atoms with Crippen LogP contribution < -0.4 is 21.3 Å². The molecule has 60 heavy (non-hydrogen) atoms. The van der Waals surface area contributed by atoms with Crippen LogP contribution in [0.5, 0.6) is 0 Å². The first-order valence-electron chi connectivity index (χ1n) is 18.2. The molecule has 2 amide bonds. The predicted octanol–water partition coefficient (Wildman–Crippen LogP) is 5.19. The van der Waals surface area contributed by atoms with Crippen molar-refractivity contribution < 1.29 is 45.4 Å². The summed E-state index contributed by atoms with van der Waals surface area (Å²) in [5.74, 6) is -1.24. The third-order valence-corrected chi connectivity index (χ3v) is 8.90. The van der Waals surface area contributed by atoms with Gasteiger partial charge in [0.2, 0.25) is 0 Å². The van der Waals surface area contributed by atoms with Crippen LogP contribution in [0.2, 0.25) is 0 Å². The van der Waals surface area contributed by atoms with E-state index in [1.54, 1.807) is 24.3 Å². The van der Waals surface area contributed by atoms with Crippen LogP contribution in [0.4, 0.5) is 37.7 Å². The number of hydrogen-bond acceptors (Lipinski definition) is 12. The first-order chi connectivity index (χ1) is 28.8. The Labute approximate surface area is 336 Å². The van der Waals surface area contributed by atoms with Crippen LogP contribution in [0.25, 0.3) is 11.6 Å². The average molecular weight is 837 g/mol. The maximum Gasteiger partial charge on any atom is 0.434 e. The quantitative estimate of drug-likeness (QED) is 0.147. The zero-order valence-corrected chi connectivity index (χ0v) is 31.1. The Morgan fingerprint density at radius 3 is 1.62 bits per heavy atom. The van der Waals surface area contributed by atoms with Gasteiger partial charge in [-0.2, -0.15) is 36.5 Å². The first kappa shape index (κ1) is 41.5. The van der Waals surface area contributed by atoms with E-state index in [9.17, 15) is 35.9 Å². The van der Waals surface area contributed by atoms with Crippen molar-refractivity contribution in [3.05, 3.63) is 132 Å². The number of alkyl halides is 6. The number of benzene rings is 2. The Morgan fingerprint density at radius 1 is 0.650 bits per heavy atom. The van der Waals surface area contributed by atoms with Crippen molar-refractivity contribution in [1.29, 1.82) is 0 Å². The molecule has 0 bridgehead atoms. The lowest BCUT2D eigenvalue weighted by molar-refractivity contribution is -0.142. The molecule has 0 radical (unpaired) electrons. The van der Waals surface area contributed by atoms with Crippen molar-refractivity contribution >= 4 is 23.2 Å². The minimum Gasteiger partial charge on any atom is -0.371 e. The number of anilines is 2. The summed E-state index contributed by atoms with van der Waals surface area (Å²) in [4.78, 5) is 38.9. The number of nitrogens with zero attached hydrogens (tertiary/aromatic N) is 8. The van der Waals surface area contributed by atoms with Crippen molar-refractivity contribution in [2.45, 2.75) is 24.6 Å². The van der Waals surface area contributed by atoms with E-state index in [1.165, 1.54) is 24.5 Å². The molecule has 2 aliphatic rings. The SMILES string of the molecule is O=C(Nc1ccc([C@H]2CNCCO2)cc1)c1ccn(-c2cc(C(F)(F)F)ncn2)n1.O=C(Nc1ccc([C@H]2CNCCO2)cc1)c1ccn(-c2cncc(C(F)(F)F)n2)n1. The van der Waals surface area contributed by atoms with E-state index in [1.807, 2.05) is 24.3 Å². The number of carbonyl (C=O) groups excluding carboxylic acids is 2. The molecule has 4 aromatic heterocycles. The van der Waals surface area contributed by atoms with Gasteiger partial charge in [-0.1, -0.05) is 24.3 Å². The van der Waals surface area contributed by atoms with Gasteiger partial charge in [0.05, 0.1) is 37.8 Å². The maximum absolute atomic E-state index is 12.8. The van der Waals surface area contributed by atoms with E-state index in [0.29, 0.717) is 30.8 Å². The van der Waals surface area contributed by atoms with E-state index >= 15 is 0 Å². The highest BCUT2D eigenvalue weighted by Gasteiger charge is 2.34. The number of hydrogen-bond donors (Lipinski definition) is 4. The van der Waals surface area contributed by atoms with Gasteiger partial charge in [-0.3, -0.25) is 14.6 Å². The number of halogens is 6. The highest BCUT2D eigenvalue weighted by atomic mass is 19.4. The van der Waals surface area contributed by atoms with Crippen LogP contribution in [0.1, 0.15) is 55.7 Å². The van der Waals surface area contributed by atoms with E-state index in [-0.39, 0.29) is 35.2 Å². The van der Waals surface area contributed by atoms with Gasteiger partial charge in [-0.25, -0.2) is 24.3 Å². The first-order valence-corrected chi connectivity index (χ1v) is 18.2. The standard InChI is InChI=1S/2C19H17F3N6O2/c20-19(21,22)16-9-17(25-11-24-16)28-7-5-14(27-28)18(29)26-13-3-1-12(2-4-13)15-10-23-6-8-30-15;20-19(21,22)16-10-24-11-17(26-16)28-7-5-14(27-28)18(29)25-13-3-1-12(2-4-13)15-9-23-6-8-30-15/h1-5,7,9,11,15,23H,6,8,10H2,(H,26,29);1-5,7,10-11,15,23H,6,8-9H2,(H,25,29)/t2*15-/m11/s1. The summed E-state index contributed by atoms with van der Waals surface area (Å²) >= 11 is 0. The third-order valence-electron chi connectivity index (χ3n) is 8.90. The average Bonchev–Trinajstić information content (AvgIpc) is 3.97. The summed E-state index contributed by atoms with van der Waals surface area (Å²) in [5, 5.41) is 19.9. The molecule has 2 aliphatic heterocycles. The second kappa shape index (κ2) is 18.1. The van der Waals surface area contributed by atoms with E-state index < -0.39 is 35.6 Å². The van der Waals surface area contributed by atoms with Crippen LogP contribution in [0.3, 0.4) is 0 Å². The van der Waals surface area contributed by atoms with Crippen LogP contribution in [-0.2, 0) is 21.8 Å². The lowest BCUT2D eigenvalue weighted by Crippen LogP contribution is -2.33. The fourth-order valence-electron chi connectivity index (χ4n) is 5.89. The lowest BCUT2D eigenvalue weighted by Gasteiger charge is -2.24. The lowest BCUT2D eigenvalue weighted by atomic mass is 10.1.